The summed E-state index contributed by atoms with van der Waals surface area (Å²) in [6, 6.07) is 9.46. The SMILES string of the molecule is Cn1c(Cl)cc(=O)n(Cc2ccc(C3CCC3)cc2)c1=O. The van der Waals surface area contributed by atoms with Crippen LogP contribution in [0.4, 0.5) is 0 Å². The second kappa shape index (κ2) is 5.53. The van der Waals surface area contributed by atoms with Gasteiger partial charge in [-0.25, -0.2) is 4.79 Å². The molecule has 1 saturated carbocycles. The van der Waals surface area contributed by atoms with Gasteiger partial charge in [0.2, 0.25) is 0 Å². The summed E-state index contributed by atoms with van der Waals surface area (Å²) in [5.41, 5.74) is 1.53. The Bertz CT molecular complexity index is 770. The van der Waals surface area contributed by atoms with E-state index in [0.29, 0.717) is 5.92 Å². The predicted octanol–water partition coefficient (Wildman–Crippen LogP) is 2.52. The first-order chi connectivity index (χ1) is 10.1. The normalized spacial score (nSPS) is 15.0. The van der Waals surface area contributed by atoms with E-state index in [2.05, 4.69) is 12.1 Å². The second-order valence-corrected chi connectivity index (χ2v) is 5.99. The van der Waals surface area contributed by atoms with Crippen LogP contribution in [-0.2, 0) is 13.6 Å². The van der Waals surface area contributed by atoms with Gasteiger partial charge in [0, 0.05) is 13.1 Å². The highest BCUT2D eigenvalue weighted by molar-refractivity contribution is 6.29. The first-order valence-corrected chi connectivity index (χ1v) is 7.49. The molecule has 1 heterocycles. The number of aromatic nitrogens is 2. The zero-order valence-electron chi connectivity index (χ0n) is 11.9. The number of hydrogen-bond donors (Lipinski definition) is 0. The summed E-state index contributed by atoms with van der Waals surface area (Å²) in [6.07, 6.45) is 3.83. The van der Waals surface area contributed by atoms with E-state index < -0.39 is 5.69 Å². The Kier molecular flexibility index (Phi) is 3.72. The average molecular weight is 305 g/mol. The molecule has 21 heavy (non-hydrogen) atoms. The lowest BCUT2D eigenvalue weighted by molar-refractivity contribution is 0.419. The maximum Gasteiger partial charge on any atom is 0.332 e. The molecular formula is C16H17ClN2O2. The molecule has 0 aliphatic heterocycles. The summed E-state index contributed by atoms with van der Waals surface area (Å²) < 4.78 is 2.47. The number of nitrogens with zero attached hydrogens (tertiary/aromatic N) is 2. The van der Waals surface area contributed by atoms with Gasteiger partial charge < -0.3 is 0 Å². The number of benzene rings is 1. The Hall–Kier alpha value is -1.81. The number of rotatable bonds is 3. The maximum atomic E-state index is 12.1. The molecule has 1 fully saturated rings. The van der Waals surface area contributed by atoms with Gasteiger partial charge in [-0.2, -0.15) is 0 Å². The van der Waals surface area contributed by atoms with Crippen molar-refractivity contribution in [3.8, 4) is 0 Å². The summed E-state index contributed by atoms with van der Waals surface area (Å²) >= 11 is 5.82. The van der Waals surface area contributed by atoms with Crippen LogP contribution in [0.3, 0.4) is 0 Å². The number of halogens is 1. The first kappa shape index (κ1) is 14.1. The van der Waals surface area contributed by atoms with Crippen molar-refractivity contribution in [3.05, 3.63) is 67.4 Å². The van der Waals surface area contributed by atoms with E-state index in [4.69, 9.17) is 11.6 Å². The summed E-state index contributed by atoms with van der Waals surface area (Å²) in [5.74, 6) is 0.685. The summed E-state index contributed by atoms with van der Waals surface area (Å²) in [5, 5.41) is 0.154. The van der Waals surface area contributed by atoms with Crippen LogP contribution in [0.25, 0.3) is 0 Å². The Morgan fingerprint density at radius 1 is 1.19 bits per heavy atom. The molecule has 1 aliphatic rings. The summed E-state index contributed by atoms with van der Waals surface area (Å²) in [4.78, 5) is 24.0. The van der Waals surface area contributed by atoms with Crippen molar-refractivity contribution in [2.75, 3.05) is 0 Å². The van der Waals surface area contributed by atoms with E-state index >= 15 is 0 Å². The van der Waals surface area contributed by atoms with Gasteiger partial charge in [0.1, 0.15) is 5.15 Å². The fourth-order valence-corrected chi connectivity index (χ4v) is 2.77. The van der Waals surface area contributed by atoms with Crippen molar-refractivity contribution in [1.29, 1.82) is 0 Å². The highest BCUT2D eigenvalue weighted by atomic mass is 35.5. The van der Waals surface area contributed by atoms with Crippen LogP contribution in [-0.4, -0.2) is 9.13 Å². The monoisotopic (exact) mass is 304 g/mol. The number of hydrogen-bond acceptors (Lipinski definition) is 2. The van der Waals surface area contributed by atoms with Crippen LogP contribution in [0.2, 0.25) is 5.15 Å². The Morgan fingerprint density at radius 2 is 1.86 bits per heavy atom. The van der Waals surface area contributed by atoms with Crippen LogP contribution >= 0.6 is 11.6 Å². The van der Waals surface area contributed by atoms with E-state index in [9.17, 15) is 9.59 Å². The van der Waals surface area contributed by atoms with Crippen molar-refractivity contribution in [2.24, 2.45) is 7.05 Å². The van der Waals surface area contributed by atoms with Crippen LogP contribution < -0.4 is 11.2 Å². The van der Waals surface area contributed by atoms with Crippen LogP contribution in [0.5, 0.6) is 0 Å². The van der Waals surface area contributed by atoms with E-state index in [1.165, 1.54) is 40.0 Å². The van der Waals surface area contributed by atoms with Crippen molar-refractivity contribution in [2.45, 2.75) is 31.7 Å². The Morgan fingerprint density at radius 3 is 2.43 bits per heavy atom. The van der Waals surface area contributed by atoms with Crippen molar-refractivity contribution >= 4 is 11.6 Å². The highest BCUT2D eigenvalue weighted by Crippen LogP contribution is 2.36. The minimum Gasteiger partial charge on any atom is -0.287 e. The van der Waals surface area contributed by atoms with Gasteiger partial charge in [-0.3, -0.25) is 13.9 Å². The third kappa shape index (κ3) is 2.68. The summed E-state index contributed by atoms with van der Waals surface area (Å²) in [6.45, 7) is 0.271. The third-order valence-electron chi connectivity index (χ3n) is 4.24. The van der Waals surface area contributed by atoms with Gasteiger partial charge >= 0.3 is 5.69 Å². The van der Waals surface area contributed by atoms with E-state index in [1.54, 1.807) is 7.05 Å². The van der Waals surface area contributed by atoms with Gasteiger partial charge in [-0.15, -0.1) is 0 Å². The van der Waals surface area contributed by atoms with E-state index in [1.807, 2.05) is 12.1 Å². The minimum absolute atomic E-state index is 0.154. The zero-order valence-corrected chi connectivity index (χ0v) is 12.6. The predicted molar refractivity (Wildman–Crippen MR) is 83.1 cm³/mol. The van der Waals surface area contributed by atoms with Crippen molar-refractivity contribution < 1.29 is 0 Å². The minimum atomic E-state index is -0.393. The molecule has 5 heteroatoms. The molecule has 2 aromatic rings. The molecule has 0 N–H and O–H groups in total. The molecule has 1 aliphatic carbocycles. The van der Waals surface area contributed by atoms with Crippen LogP contribution in [0.1, 0.15) is 36.3 Å². The lowest BCUT2D eigenvalue weighted by atomic mass is 9.80. The molecule has 110 valence electrons. The quantitative estimate of drug-likeness (QED) is 0.818. The molecule has 0 unspecified atom stereocenters. The van der Waals surface area contributed by atoms with E-state index in [-0.39, 0.29) is 17.3 Å². The van der Waals surface area contributed by atoms with Crippen molar-refractivity contribution in [3.63, 3.8) is 0 Å². The zero-order chi connectivity index (χ0) is 15.0. The smallest absolute Gasteiger partial charge is 0.287 e. The lowest BCUT2D eigenvalue weighted by Crippen LogP contribution is -2.38. The molecule has 4 nitrogen and oxygen atoms in total. The molecule has 3 rings (SSSR count). The van der Waals surface area contributed by atoms with Gasteiger partial charge in [-0.05, 0) is 29.9 Å². The summed E-state index contributed by atoms with van der Waals surface area (Å²) in [7, 11) is 1.56. The third-order valence-corrected chi connectivity index (χ3v) is 4.61. The fraction of sp³-hybridized carbons (Fsp3) is 0.375. The molecular weight excluding hydrogens is 288 g/mol. The molecule has 0 amide bonds. The second-order valence-electron chi connectivity index (χ2n) is 5.60. The largest absolute Gasteiger partial charge is 0.332 e. The molecule has 0 bridgehead atoms. The fourth-order valence-electron chi connectivity index (χ4n) is 2.61. The van der Waals surface area contributed by atoms with Crippen molar-refractivity contribution in [1.82, 2.24) is 9.13 Å². The topological polar surface area (TPSA) is 44.0 Å². The highest BCUT2D eigenvalue weighted by Gasteiger charge is 2.19. The molecule has 0 saturated heterocycles. The van der Waals surface area contributed by atoms with E-state index in [0.717, 1.165) is 5.56 Å². The molecule has 0 atom stereocenters. The molecule has 1 aromatic heterocycles. The van der Waals surface area contributed by atoms with Gasteiger partial charge in [-0.1, -0.05) is 42.3 Å². The maximum absolute atomic E-state index is 12.1. The van der Waals surface area contributed by atoms with Gasteiger partial charge in [0.05, 0.1) is 6.54 Å². The van der Waals surface area contributed by atoms with Gasteiger partial charge in [0.15, 0.2) is 0 Å². The van der Waals surface area contributed by atoms with Crippen LogP contribution in [0.15, 0.2) is 39.9 Å². The van der Waals surface area contributed by atoms with Crippen LogP contribution in [0, 0.1) is 0 Å². The molecule has 1 aromatic carbocycles. The Balaban J connectivity index is 1.88. The Labute approximate surface area is 127 Å². The standard InChI is InChI=1S/C16H17ClN2O2/c1-18-14(17)9-15(20)19(16(18)21)10-11-5-7-13(8-6-11)12-3-2-4-12/h5-9,12H,2-4,10H2,1H3. The lowest BCUT2D eigenvalue weighted by Gasteiger charge is -2.25. The molecule has 0 spiro atoms. The first-order valence-electron chi connectivity index (χ1n) is 7.11. The molecule has 0 radical (unpaired) electrons. The van der Waals surface area contributed by atoms with Gasteiger partial charge in [0.25, 0.3) is 5.56 Å². The average Bonchev–Trinajstić information content (AvgIpc) is 2.41.